The summed E-state index contributed by atoms with van der Waals surface area (Å²) in [7, 11) is 0. The predicted molar refractivity (Wildman–Crippen MR) is 137 cm³/mol. The van der Waals surface area contributed by atoms with Gasteiger partial charge in [-0.05, 0) is 73.5 Å². The van der Waals surface area contributed by atoms with E-state index in [0.29, 0.717) is 28.4 Å². The molecular formula is C28H31ClN2O3. The highest BCUT2D eigenvalue weighted by atomic mass is 35.5. The van der Waals surface area contributed by atoms with Crippen LogP contribution >= 0.6 is 11.6 Å². The lowest BCUT2D eigenvalue weighted by Crippen LogP contribution is -2.49. The quantitative estimate of drug-likeness (QED) is 0.473. The molecule has 1 atom stereocenters. The number of anilines is 1. The number of carbonyl (C=O) groups excluding carboxylic acids is 1. The van der Waals surface area contributed by atoms with Gasteiger partial charge in [0.1, 0.15) is 18.5 Å². The zero-order valence-corrected chi connectivity index (χ0v) is 20.5. The van der Waals surface area contributed by atoms with E-state index in [9.17, 15) is 9.90 Å². The van der Waals surface area contributed by atoms with Gasteiger partial charge in [-0.25, -0.2) is 0 Å². The van der Waals surface area contributed by atoms with Gasteiger partial charge in [0.25, 0.3) is 0 Å². The third-order valence-electron chi connectivity index (χ3n) is 6.26. The Labute approximate surface area is 206 Å². The number of hydrogen-bond acceptors (Lipinski definition) is 5. The molecule has 0 radical (unpaired) electrons. The van der Waals surface area contributed by atoms with Crippen molar-refractivity contribution in [2.75, 3.05) is 44.2 Å². The lowest BCUT2D eigenvalue weighted by Gasteiger charge is -2.38. The van der Waals surface area contributed by atoms with Gasteiger partial charge in [0.05, 0.1) is 0 Å². The van der Waals surface area contributed by atoms with Crippen molar-refractivity contribution in [3.8, 4) is 5.75 Å². The van der Waals surface area contributed by atoms with Gasteiger partial charge in [-0.2, -0.15) is 0 Å². The molecule has 178 valence electrons. The van der Waals surface area contributed by atoms with Crippen LogP contribution in [0.4, 0.5) is 5.69 Å². The van der Waals surface area contributed by atoms with Crippen LogP contribution in [0.15, 0.2) is 66.7 Å². The zero-order chi connectivity index (χ0) is 24.1. The highest BCUT2D eigenvalue weighted by Crippen LogP contribution is 2.25. The van der Waals surface area contributed by atoms with E-state index in [4.69, 9.17) is 16.3 Å². The largest absolute Gasteiger partial charge is 0.491 e. The van der Waals surface area contributed by atoms with Crippen molar-refractivity contribution < 1.29 is 14.6 Å². The second kappa shape index (κ2) is 11.0. The van der Waals surface area contributed by atoms with E-state index in [1.807, 2.05) is 0 Å². The molecule has 1 heterocycles. The highest BCUT2D eigenvalue weighted by molar-refractivity contribution is 6.30. The van der Waals surface area contributed by atoms with Gasteiger partial charge in [-0.15, -0.1) is 0 Å². The second-order valence-corrected chi connectivity index (χ2v) is 9.29. The molecule has 6 heteroatoms. The molecule has 0 amide bonds. The number of aliphatic hydroxyl groups excluding tert-OH is 1. The van der Waals surface area contributed by atoms with Crippen LogP contribution in [0.1, 0.15) is 27.0 Å². The Hall–Kier alpha value is -2.86. The number of halogens is 1. The van der Waals surface area contributed by atoms with Gasteiger partial charge < -0.3 is 14.7 Å². The molecule has 0 bridgehead atoms. The third kappa shape index (κ3) is 5.98. The molecule has 0 saturated carbocycles. The summed E-state index contributed by atoms with van der Waals surface area (Å²) in [6.07, 6.45) is -0.581. The zero-order valence-electron chi connectivity index (χ0n) is 19.7. The summed E-state index contributed by atoms with van der Waals surface area (Å²) in [5.41, 5.74) is 5.12. The van der Waals surface area contributed by atoms with E-state index in [-0.39, 0.29) is 12.4 Å². The molecule has 1 aliphatic heterocycles. The summed E-state index contributed by atoms with van der Waals surface area (Å²) < 4.78 is 5.77. The smallest absolute Gasteiger partial charge is 0.193 e. The molecule has 0 aliphatic carbocycles. The first-order valence-corrected chi connectivity index (χ1v) is 12.0. The lowest BCUT2D eigenvalue weighted by molar-refractivity contribution is 0.0663. The number of ether oxygens (including phenoxy) is 1. The Kier molecular flexibility index (Phi) is 7.88. The topological polar surface area (TPSA) is 53.0 Å². The predicted octanol–water partition coefficient (Wildman–Crippen LogP) is 4.75. The molecule has 3 aromatic rings. The number of aliphatic hydroxyl groups is 1. The number of para-hydroxylation sites is 1. The van der Waals surface area contributed by atoms with Crippen LogP contribution in [0.2, 0.25) is 5.02 Å². The number of piperazine rings is 1. The number of benzene rings is 3. The second-order valence-electron chi connectivity index (χ2n) is 8.85. The Morgan fingerprint density at radius 2 is 1.47 bits per heavy atom. The average molecular weight is 479 g/mol. The number of ketones is 1. The van der Waals surface area contributed by atoms with Gasteiger partial charge in [-0.1, -0.05) is 29.8 Å². The van der Waals surface area contributed by atoms with Crippen LogP contribution in [-0.4, -0.2) is 61.2 Å². The van der Waals surface area contributed by atoms with Crippen molar-refractivity contribution in [1.82, 2.24) is 4.90 Å². The molecule has 3 aromatic carbocycles. The Morgan fingerprint density at radius 3 is 2.06 bits per heavy atom. The summed E-state index contributed by atoms with van der Waals surface area (Å²) >= 11 is 5.89. The molecule has 1 N–H and O–H groups in total. The van der Waals surface area contributed by atoms with E-state index < -0.39 is 6.10 Å². The van der Waals surface area contributed by atoms with Gasteiger partial charge in [0.15, 0.2) is 5.78 Å². The fourth-order valence-electron chi connectivity index (χ4n) is 4.47. The number of aryl methyl sites for hydroxylation is 2. The highest BCUT2D eigenvalue weighted by Gasteiger charge is 2.21. The van der Waals surface area contributed by atoms with E-state index in [1.165, 1.54) is 16.8 Å². The Bertz CT molecular complexity index is 1090. The molecule has 0 spiro atoms. The fourth-order valence-corrected chi connectivity index (χ4v) is 4.60. The van der Waals surface area contributed by atoms with Crippen molar-refractivity contribution in [1.29, 1.82) is 0 Å². The number of carbonyl (C=O) groups is 1. The minimum absolute atomic E-state index is 0.0664. The fraction of sp³-hybridized carbons (Fsp3) is 0.321. The SMILES string of the molecule is Cc1cccc(C)c1N1CCN(C[C@@H](O)COc2ccc(C(=O)c3ccc(Cl)cc3)cc2)CC1. The monoisotopic (exact) mass is 478 g/mol. The van der Waals surface area contributed by atoms with Gasteiger partial charge >= 0.3 is 0 Å². The van der Waals surface area contributed by atoms with Crippen LogP contribution in [0.5, 0.6) is 5.75 Å². The first-order chi connectivity index (χ1) is 16.4. The summed E-state index contributed by atoms with van der Waals surface area (Å²) in [6.45, 7) is 8.82. The van der Waals surface area contributed by atoms with Gasteiger partial charge in [0, 0.05) is 54.6 Å². The van der Waals surface area contributed by atoms with Crippen LogP contribution in [0.3, 0.4) is 0 Å². The molecular weight excluding hydrogens is 448 g/mol. The molecule has 0 unspecified atom stereocenters. The number of β-amino-alcohol motifs (C(OH)–C–C–N with tert-alkyl or cyclic N) is 1. The van der Waals surface area contributed by atoms with Crippen LogP contribution < -0.4 is 9.64 Å². The molecule has 34 heavy (non-hydrogen) atoms. The summed E-state index contributed by atoms with van der Waals surface area (Å²) in [4.78, 5) is 17.3. The van der Waals surface area contributed by atoms with E-state index >= 15 is 0 Å². The average Bonchev–Trinajstić information content (AvgIpc) is 2.84. The summed E-state index contributed by atoms with van der Waals surface area (Å²) in [5, 5.41) is 11.1. The van der Waals surface area contributed by atoms with Crippen LogP contribution in [-0.2, 0) is 0 Å². The molecule has 4 rings (SSSR count). The van der Waals surface area contributed by atoms with E-state index in [1.54, 1.807) is 48.5 Å². The maximum absolute atomic E-state index is 12.6. The van der Waals surface area contributed by atoms with Crippen molar-refractivity contribution in [3.05, 3.63) is 94.0 Å². The third-order valence-corrected chi connectivity index (χ3v) is 6.51. The summed E-state index contributed by atoms with van der Waals surface area (Å²) in [6, 6.07) is 20.3. The first kappa shape index (κ1) is 24.3. The van der Waals surface area contributed by atoms with Crippen molar-refractivity contribution in [2.45, 2.75) is 20.0 Å². The van der Waals surface area contributed by atoms with E-state index in [2.05, 4.69) is 41.8 Å². The number of rotatable bonds is 8. The minimum Gasteiger partial charge on any atom is -0.491 e. The van der Waals surface area contributed by atoms with Gasteiger partial charge in [-0.3, -0.25) is 9.69 Å². The maximum atomic E-state index is 12.6. The minimum atomic E-state index is -0.581. The first-order valence-electron chi connectivity index (χ1n) is 11.7. The Morgan fingerprint density at radius 1 is 0.912 bits per heavy atom. The Balaban J connectivity index is 1.23. The number of hydrogen-bond donors (Lipinski definition) is 1. The van der Waals surface area contributed by atoms with Crippen molar-refractivity contribution in [3.63, 3.8) is 0 Å². The molecule has 5 nitrogen and oxygen atoms in total. The molecule has 1 saturated heterocycles. The van der Waals surface area contributed by atoms with Crippen LogP contribution in [0, 0.1) is 13.8 Å². The van der Waals surface area contributed by atoms with Crippen LogP contribution in [0.25, 0.3) is 0 Å². The molecule has 1 aliphatic rings. The molecule has 0 aromatic heterocycles. The normalized spacial score (nSPS) is 15.2. The maximum Gasteiger partial charge on any atom is 0.193 e. The van der Waals surface area contributed by atoms with Gasteiger partial charge in [0.2, 0.25) is 0 Å². The molecule has 1 fully saturated rings. The van der Waals surface area contributed by atoms with E-state index in [0.717, 1.165) is 26.2 Å². The van der Waals surface area contributed by atoms with Crippen molar-refractivity contribution >= 4 is 23.1 Å². The standard InChI is InChI=1S/C28H31ClN2O3/c1-20-4-3-5-21(2)27(20)31-16-14-30(15-17-31)18-25(32)19-34-26-12-8-23(9-13-26)28(33)22-6-10-24(29)11-7-22/h3-13,25,32H,14-19H2,1-2H3/t25-/m1/s1. The summed E-state index contributed by atoms with van der Waals surface area (Å²) in [5.74, 6) is 0.565. The van der Waals surface area contributed by atoms with Crippen molar-refractivity contribution in [2.24, 2.45) is 0 Å². The lowest BCUT2D eigenvalue weighted by atomic mass is 10.0. The number of nitrogens with zero attached hydrogens (tertiary/aromatic N) is 2.